The zero-order valence-electron chi connectivity index (χ0n) is 11.6. The molecule has 1 fully saturated rings. The molecule has 4 heteroatoms. The van der Waals surface area contributed by atoms with Crippen molar-refractivity contribution in [2.24, 2.45) is 0 Å². The predicted molar refractivity (Wildman–Crippen MR) is 82.3 cm³/mol. The average molecular weight is 291 g/mol. The van der Waals surface area contributed by atoms with Gasteiger partial charge in [-0.2, -0.15) is 11.8 Å². The second-order valence-corrected chi connectivity index (χ2v) is 6.89. The van der Waals surface area contributed by atoms with E-state index in [1.165, 1.54) is 25.7 Å². The number of thioether (sulfide) groups is 1. The molecular formula is C16H21NO2S. The molecule has 108 valence electrons. The van der Waals surface area contributed by atoms with E-state index in [1.54, 1.807) is 0 Å². The lowest BCUT2D eigenvalue weighted by atomic mass is 10.1. The van der Waals surface area contributed by atoms with Crippen LogP contribution in [-0.4, -0.2) is 29.6 Å². The summed E-state index contributed by atoms with van der Waals surface area (Å²) in [6, 6.07) is 7.88. The minimum atomic E-state index is -0.344. The van der Waals surface area contributed by atoms with E-state index in [2.05, 4.69) is 5.32 Å². The molecule has 1 aliphatic heterocycles. The van der Waals surface area contributed by atoms with Crippen molar-refractivity contribution in [1.29, 1.82) is 0 Å². The van der Waals surface area contributed by atoms with Crippen LogP contribution >= 0.6 is 11.8 Å². The van der Waals surface area contributed by atoms with Gasteiger partial charge < -0.3 is 10.1 Å². The summed E-state index contributed by atoms with van der Waals surface area (Å²) in [6.45, 7) is 0.746. The Hall–Kier alpha value is -1.16. The number of hydrogen-bond donors (Lipinski definition) is 1. The molecule has 1 saturated carbocycles. The van der Waals surface area contributed by atoms with Gasteiger partial charge >= 0.3 is 0 Å². The third kappa shape index (κ3) is 3.29. The van der Waals surface area contributed by atoms with Crippen molar-refractivity contribution in [1.82, 2.24) is 5.32 Å². The van der Waals surface area contributed by atoms with Gasteiger partial charge in [0.25, 0.3) is 5.91 Å². The van der Waals surface area contributed by atoms with E-state index >= 15 is 0 Å². The molecule has 3 nitrogen and oxygen atoms in total. The van der Waals surface area contributed by atoms with Crippen LogP contribution in [0.4, 0.5) is 0 Å². The molecule has 0 spiro atoms. The number of carbonyl (C=O) groups is 1. The lowest BCUT2D eigenvalue weighted by Gasteiger charge is -2.12. The molecule has 1 atom stereocenters. The van der Waals surface area contributed by atoms with Crippen LogP contribution in [0.25, 0.3) is 0 Å². The fourth-order valence-electron chi connectivity index (χ4n) is 2.90. The average Bonchev–Trinajstić information content (AvgIpc) is 3.12. The van der Waals surface area contributed by atoms with Gasteiger partial charge in [0, 0.05) is 24.0 Å². The maximum absolute atomic E-state index is 12.1. The summed E-state index contributed by atoms with van der Waals surface area (Å²) < 4.78 is 5.68. The van der Waals surface area contributed by atoms with Crippen molar-refractivity contribution in [3.05, 3.63) is 29.8 Å². The summed E-state index contributed by atoms with van der Waals surface area (Å²) in [5, 5.41) is 3.82. The van der Waals surface area contributed by atoms with Crippen LogP contribution in [0.15, 0.2) is 24.3 Å². The molecule has 1 aromatic rings. The lowest BCUT2D eigenvalue weighted by Crippen LogP contribution is -2.38. The number of carbonyl (C=O) groups excluding carboxylic acids is 1. The molecule has 1 N–H and O–H groups in total. The smallest absolute Gasteiger partial charge is 0.261 e. The maximum Gasteiger partial charge on any atom is 0.261 e. The summed E-state index contributed by atoms with van der Waals surface area (Å²) >= 11 is 2.00. The van der Waals surface area contributed by atoms with Crippen LogP contribution in [0.1, 0.15) is 31.2 Å². The minimum Gasteiger partial charge on any atom is -0.480 e. The molecular weight excluding hydrogens is 270 g/mol. The first-order valence-electron chi connectivity index (χ1n) is 7.47. The van der Waals surface area contributed by atoms with Gasteiger partial charge in [-0.1, -0.05) is 31.0 Å². The maximum atomic E-state index is 12.1. The number of fused-ring (bicyclic) bond motifs is 1. The van der Waals surface area contributed by atoms with Gasteiger partial charge in [-0.3, -0.25) is 4.79 Å². The Bertz CT molecular complexity index is 446. The highest BCUT2D eigenvalue weighted by Crippen LogP contribution is 2.29. The Morgan fingerprint density at radius 1 is 1.30 bits per heavy atom. The summed E-state index contributed by atoms with van der Waals surface area (Å²) in [6.07, 6.45) is 5.79. The summed E-state index contributed by atoms with van der Waals surface area (Å²) in [5.74, 6) is 1.89. The SMILES string of the molecule is O=C(NCCSC1CCCC1)[C@@H]1Cc2ccccc2O1. The van der Waals surface area contributed by atoms with Crippen LogP contribution in [0.5, 0.6) is 5.75 Å². The van der Waals surface area contributed by atoms with Crippen molar-refractivity contribution in [2.75, 3.05) is 12.3 Å². The van der Waals surface area contributed by atoms with E-state index in [-0.39, 0.29) is 12.0 Å². The molecule has 1 heterocycles. The molecule has 3 rings (SSSR count). The summed E-state index contributed by atoms with van der Waals surface area (Å²) in [4.78, 5) is 12.1. The second-order valence-electron chi connectivity index (χ2n) is 5.49. The molecule has 2 aliphatic rings. The molecule has 0 bridgehead atoms. The van der Waals surface area contributed by atoms with Gasteiger partial charge in [0.05, 0.1) is 0 Å². The van der Waals surface area contributed by atoms with E-state index in [1.807, 2.05) is 36.0 Å². The Labute approximate surface area is 124 Å². The monoisotopic (exact) mass is 291 g/mol. The minimum absolute atomic E-state index is 0.0215. The second kappa shape index (κ2) is 6.53. The number of rotatable bonds is 5. The highest BCUT2D eigenvalue weighted by Gasteiger charge is 2.28. The predicted octanol–water partition coefficient (Wildman–Crippen LogP) is 2.78. The molecule has 0 unspecified atom stereocenters. The lowest BCUT2D eigenvalue weighted by molar-refractivity contribution is -0.127. The number of para-hydroxylation sites is 1. The normalized spacial score (nSPS) is 21.5. The van der Waals surface area contributed by atoms with E-state index < -0.39 is 0 Å². The number of benzene rings is 1. The highest BCUT2D eigenvalue weighted by atomic mass is 32.2. The van der Waals surface area contributed by atoms with Gasteiger partial charge in [-0.05, 0) is 24.5 Å². The zero-order valence-corrected chi connectivity index (χ0v) is 12.5. The van der Waals surface area contributed by atoms with Gasteiger partial charge in [-0.15, -0.1) is 0 Å². The van der Waals surface area contributed by atoms with E-state index in [9.17, 15) is 4.79 Å². The molecule has 0 radical (unpaired) electrons. The number of amides is 1. The van der Waals surface area contributed by atoms with E-state index in [0.717, 1.165) is 28.9 Å². The van der Waals surface area contributed by atoms with Crippen molar-refractivity contribution in [3.8, 4) is 5.75 Å². The van der Waals surface area contributed by atoms with Crippen molar-refractivity contribution < 1.29 is 9.53 Å². The summed E-state index contributed by atoms with van der Waals surface area (Å²) in [5.41, 5.74) is 1.13. The molecule has 1 aliphatic carbocycles. The van der Waals surface area contributed by atoms with Crippen LogP contribution < -0.4 is 10.1 Å². The van der Waals surface area contributed by atoms with Crippen LogP contribution in [0.3, 0.4) is 0 Å². The fourth-order valence-corrected chi connectivity index (χ4v) is 4.12. The Morgan fingerprint density at radius 3 is 2.90 bits per heavy atom. The summed E-state index contributed by atoms with van der Waals surface area (Å²) in [7, 11) is 0. The van der Waals surface area contributed by atoms with Crippen molar-refractivity contribution in [3.63, 3.8) is 0 Å². The first kappa shape index (κ1) is 13.8. The van der Waals surface area contributed by atoms with Crippen molar-refractivity contribution in [2.45, 2.75) is 43.5 Å². The first-order valence-corrected chi connectivity index (χ1v) is 8.51. The van der Waals surface area contributed by atoms with E-state index in [4.69, 9.17) is 4.74 Å². The van der Waals surface area contributed by atoms with Gasteiger partial charge in [-0.25, -0.2) is 0 Å². The van der Waals surface area contributed by atoms with Crippen LogP contribution in [-0.2, 0) is 11.2 Å². The van der Waals surface area contributed by atoms with Crippen LogP contribution in [0, 0.1) is 0 Å². The van der Waals surface area contributed by atoms with Gasteiger partial charge in [0.1, 0.15) is 5.75 Å². The number of hydrogen-bond acceptors (Lipinski definition) is 3. The van der Waals surface area contributed by atoms with Gasteiger partial charge in [0.2, 0.25) is 0 Å². The van der Waals surface area contributed by atoms with E-state index in [0.29, 0.717) is 6.42 Å². The largest absolute Gasteiger partial charge is 0.480 e. The quantitative estimate of drug-likeness (QED) is 0.848. The third-order valence-corrected chi connectivity index (χ3v) is 5.38. The first-order chi connectivity index (χ1) is 9.83. The Balaban J connectivity index is 1.38. The fraction of sp³-hybridized carbons (Fsp3) is 0.562. The van der Waals surface area contributed by atoms with Crippen LogP contribution in [0.2, 0.25) is 0 Å². The third-order valence-electron chi connectivity index (χ3n) is 4.00. The zero-order chi connectivity index (χ0) is 13.8. The van der Waals surface area contributed by atoms with Crippen molar-refractivity contribution >= 4 is 17.7 Å². The molecule has 1 aromatic carbocycles. The molecule has 20 heavy (non-hydrogen) atoms. The Morgan fingerprint density at radius 2 is 2.10 bits per heavy atom. The number of ether oxygens (including phenoxy) is 1. The standard InChI is InChI=1S/C16H21NO2S/c18-16(17-9-10-20-13-6-2-3-7-13)15-11-12-5-1-4-8-14(12)19-15/h1,4-5,8,13,15H,2-3,6-7,9-11H2,(H,17,18)/t15-/m0/s1. The molecule has 1 amide bonds. The Kier molecular flexibility index (Phi) is 4.51. The molecule has 0 saturated heterocycles. The highest BCUT2D eigenvalue weighted by molar-refractivity contribution is 7.99. The number of nitrogens with one attached hydrogen (secondary N) is 1. The molecule has 0 aromatic heterocycles. The van der Waals surface area contributed by atoms with Gasteiger partial charge in [0.15, 0.2) is 6.10 Å². The topological polar surface area (TPSA) is 38.3 Å².